The summed E-state index contributed by atoms with van der Waals surface area (Å²) < 4.78 is 1.53. The molecule has 0 spiro atoms. The molecule has 22 heavy (non-hydrogen) atoms. The highest BCUT2D eigenvalue weighted by Crippen LogP contribution is 2.09. The Morgan fingerprint density at radius 2 is 2.00 bits per heavy atom. The van der Waals surface area contributed by atoms with Crippen molar-refractivity contribution < 1.29 is 5.11 Å². The van der Waals surface area contributed by atoms with Crippen LogP contribution in [0.1, 0.15) is 5.56 Å². The highest BCUT2D eigenvalue weighted by atomic mass is 16.3. The molecule has 0 unspecified atom stereocenters. The molecule has 0 aliphatic carbocycles. The van der Waals surface area contributed by atoms with Gasteiger partial charge in [-0.25, -0.2) is 9.98 Å². The van der Waals surface area contributed by atoms with Crippen LogP contribution < -0.4 is 16.4 Å². The van der Waals surface area contributed by atoms with Crippen LogP contribution in [0.25, 0.3) is 12.2 Å². The van der Waals surface area contributed by atoms with Crippen molar-refractivity contribution in [1.29, 1.82) is 0 Å². The molecule has 2 N–H and O–H groups in total. The number of aromatic hydroxyl groups is 1. The Morgan fingerprint density at radius 1 is 1.23 bits per heavy atom. The first kappa shape index (κ1) is 13.8. The molecule has 0 atom stereocenters. The number of aromatic nitrogens is 2. The Hall–Kier alpha value is -3.15. The lowest BCUT2D eigenvalue weighted by Crippen LogP contribution is -2.28. The van der Waals surface area contributed by atoms with Gasteiger partial charge in [0.1, 0.15) is 22.9 Å². The summed E-state index contributed by atoms with van der Waals surface area (Å²) in [6.45, 7) is 0. The fraction of sp³-hybridized carbons (Fsp3) is 0.0625. The van der Waals surface area contributed by atoms with Crippen molar-refractivity contribution in [3.05, 3.63) is 62.8 Å². The van der Waals surface area contributed by atoms with Gasteiger partial charge in [-0.3, -0.25) is 9.36 Å². The van der Waals surface area contributed by atoms with E-state index in [9.17, 15) is 9.90 Å². The lowest BCUT2D eigenvalue weighted by atomic mass is 10.2. The first-order valence-electron chi connectivity index (χ1n) is 6.67. The number of imidazole rings is 1. The molecule has 1 aromatic carbocycles. The smallest absolute Gasteiger partial charge is 0.275 e. The zero-order valence-electron chi connectivity index (χ0n) is 11.9. The standard InChI is InChI=1S/C16H14N4O2/c1-20-15(7-4-12-9-17-10-18-12)19-14(16(20)22)8-11-2-5-13(21)6-3-11/h2-10,19,21H,1H3/b12-4-,14-8+,15-7-. The van der Waals surface area contributed by atoms with Crippen molar-refractivity contribution in [3.8, 4) is 5.75 Å². The Kier molecular flexibility index (Phi) is 3.57. The highest BCUT2D eigenvalue weighted by molar-refractivity contribution is 5.92. The summed E-state index contributed by atoms with van der Waals surface area (Å²) in [7, 11) is 1.70. The predicted molar refractivity (Wildman–Crippen MR) is 86.5 cm³/mol. The van der Waals surface area contributed by atoms with E-state index in [1.165, 1.54) is 10.9 Å². The van der Waals surface area contributed by atoms with E-state index in [0.29, 0.717) is 10.8 Å². The SMILES string of the molecule is Cn1c(=O)/c(=C\c2ccc(O)cc2)[nH]/c1=C/C=C1/C=NC=N1. The minimum atomic E-state index is -0.124. The third-order valence-corrected chi connectivity index (χ3v) is 3.26. The van der Waals surface area contributed by atoms with Gasteiger partial charge in [-0.1, -0.05) is 12.1 Å². The molecule has 0 fully saturated rings. The molecule has 1 aromatic heterocycles. The van der Waals surface area contributed by atoms with Crippen molar-refractivity contribution in [2.75, 3.05) is 0 Å². The average Bonchev–Trinajstić information content (AvgIpc) is 3.12. The van der Waals surface area contributed by atoms with Gasteiger partial charge in [0.15, 0.2) is 0 Å². The Labute approximate surface area is 125 Å². The number of benzene rings is 1. The number of allylic oxidation sites excluding steroid dienone is 2. The van der Waals surface area contributed by atoms with Gasteiger partial charge >= 0.3 is 0 Å². The number of rotatable bonds is 2. The van der Waals surface area contributed by atoms with Gasteiger partial charge in [0.05, 0.1) is 11.9 Å². The third kappa shape index (κ3) is 2.80. The number of nitrogens with one attached hydrogen (secondary N) is 1. The van der Waals surface area contributed by atoms with Gasteiger partial charge in [0, 0.05) is 7.05 Å². The quantitative estimate of drug-likeness (QED) is 0.819. The summed E-state index contributed by atoms with van der Waals surface area (Å²) in [5.74, 6) is 0.191. The molecule has 0 saturated carbocycles. The first-order valence-corrected chi connectivity index (χ1v) is 6.67. The number of hydrogen-bond donors (Lipinski definition) is 2. The van der Waals surface area contributed by atoms with Gasteiger partial charge in [-0.2, -0.15) is 0 Å². The maximum absolute atomic E-state index is 12.2. The van der Waals surface area contributed by atoms with Crippen LogP contribution in [0.4, 0.5) is 0 Å². The van der Waals surface area contributed by atoms with Crippen LogP contribution in [0.2, 0.25) is 0 Å². The molecule has 6 heteroatoms. The van der Waals surface area contributed by atoms with Crippen molar-refractivity contribution in [1.82, 2.24) is 9.55 Å². The summed E-state index contributed by atoms with van der Waals surface area (Å²) in [4.78, 5) is 23.2. The molecular weight excluding hydrogens is 280 g/mol. The molecule has 1 aliphatic rings. The zero-order chi connectivity index (χ0) is 15.5. The molecule has 1 aliphatic heterocycles. The van der Waals surface area contributed by atoms with Gasteiger partial charge in [0.2, 0.25) is 0 Å². The largest absolute Gasteiger partial charge is 0.508 e. The molecular formula is C16H14N4O2. The third-order valence-electron chi connectivity index (χ3n) is 3.26. The maximum Gasteiger partial charge on any atom is 0.275 e. The summed E-state index contributed by atoms with van der Waals surface area (Å²) in [6.07, 6.45) is 8.40. The van der Waals surface area contributed by atoms with E-state index in [4.69, 9.17) is 0 Å². The maximum atomic E-state index is 12.2. The second-order valence-electron chi connectivity index (χ2n) is 4.80. The molecule has 0 amide bonds. The molecule has 3 rings (SSSR count). The van der Waals surface area contributed by atoms with Crippen LogP contribution in [0.15, 0.2) is 50.8 Å². The minimum Gasteiger partial charge on any atom is -0.508 e. The number of phenols is 1. The van der Waals surface area contributed by atoms with E-state index in [2.05, 4.69) is 15.0 Å². The second kappa shape index (κ2) is 5.69. The van der Waals surface area contributed by atoms with Crippen molar-refractivity contribution in [3.63, 3.8) is 0 Å². The Morgan fingerprint density at radius 3 is 2.68 bits per heavy atom. The molecule has 0 bridgehead atoms. The van der Waals surface area contributed by atoms with Crippen LogP contribution in [-0.2, 0) is 7.05 Å². The van der Waals surface area contributed by atoms with Gasteiger partial charge in [-0.15, -0.1) is 0 Å². The predicted octanol–water partition coefficient (Wildman–Crippen LogP) is 0.0249. The van der Waals surface area contributed by atoms with E-state index in [-0.39, 0.29) is 11.3 Å². The Balaban J connectivity index is 2.06. The number of phenolic OH excluding ortho intramolecular Hbond substituents is 1. The van der Waals surface area contributed by atoms with Crippen LogP contribution >= 0.6 is 0 Å². The summed E-state index contributed by atoms with van der Waals surface area (Å²) in [5, 5.41) is 9.75. The van der Waals surface area contributed by atoms with Crippen molar-refractivity contribution in [2.45, 2.75) is 0 Å². The molecule has 6 nitrogen and oxygen atoms in total. The fourth-order valence-electron chi connectivity index (χ4n) is 2.05. The number of aromatic amines is 1. The lowest BCUT2D eigenvalue weighted by molar-refractivity contribution is 0.475. The molecule has 110 valence electrons. The van der Waals surface area contributed by atoms with E-state index >= 15 is 0 Å². The number of nitrogens with zero attached hydrogens (tertiary/aromatic N) is 3. The fourth-order valence-corrected chi connectivity index (χ4v) is 2.05. The number of aliphatic imine (C=N–C) groups is 2. The second-order valence-corrected chi connectivity index (χ2v) is 4.80. The molecule has 2 heterocycles. The highest BCUT2D eigenvalue weighted by Gasteiger charge is 1.99. The Bertz CT molecular complexity index is 943. The van der Waals surface area contributed by atoms with Gasteiger partial charge in [0.25, 0.3) is 5.56 Å². The average molecular weight is 294 g/mol. The topological polar surface area (TPSA) is 82.7 Å². The van der Waals surface area contributed by atoms with E-state index < -0.39 is 0 Å². The van der Waals surface area contributed by atoms with Crippen molar-refractivity contribution >= 4 is 24.7 Å². The van der Waals surface area contributed by atoms with Crippen LogP contribution in [0, 0.1) is 0 Å². The number of hydrogen-bond acceptors (Lipinski definition) is 4. The molecule has 0 saturated heterocycles. The normalized spacial score (nSPS) is 17.0. The van der Waals surface area contributed by atoms with Crippen LogP contribution in [0.3, 0.4) is 0 Å². The van der Waals surface area contributed by atoms with Gasteiger partial charge in [-0.05, 0) is 35.9 Å². The zero-order valence-corrected chi connectivity index (χ0v) is 11.9. The van der Waals surface area contributed by atoms with E-state index in [0.717, 1.165) is 11.3 Å². The van der Waals surface area contributed by atoms with Crippen LogP contribution in [-0.4, -0.2) is 27.2 Å². The summed E-state index contributed by atoms with van der Waals surface area (Å²) >= 11 is 0. The lowest BCUT2D eigenvalue weighted by Gasteiger charge is -1.92. The minimum absolute atomic E-state index is 0.124. The summed E-state index contributed by atoms with van der Waals surface area (Å²) in [5.41, 5.74) is 2.10. The van der Waals surface area contributed by atoms with Crippen molar-refractivity contribution in [2.24, 2.45) is 17.0 Å². The molecule has 2 aromatic rings. The van der Waals surface area contributed by atoms with Crippen LogP contribution in [0.5, 0.6) is 5.75 Å². The summed E-state index contributed by atoms with van der Waals surface area (Å²) in [6, 6.07) is 6.64. The van der Waals surface area contributed by atoms with E-state index in [1.54, 1.807) is 55.8 Å². The monoisotopic (exact) mass is 294 g/mol. The first-order chi connectivity index (χ1) is 10.6. The molecule has 0 radical (unpaired) electrons. The van der Waals surface area contributed by atoms with E-state index in [1.807, 2.05) is 0 Å². The van der Waals surface area contributed by atoms with Gasteiger partial charge < -0.3 is 10.1 Å². The number of H-pyrrole nitrogens is 1.